The molecule has 0 amide bonds. The van der Waals surface area contributed by atoms with E-state index in [2.05, 4.69) is 80.9 Å². The highest BCUT2D eigenvalue weighted by molar-refractivity contribution is 7.98. The van der Waals surface area contributed by atoms with Gasteiger partial charge >= 0.3 is 0 Å². The first-order chi connectivity index (χ1) is 16.2. The molecule has 4 aromatic rings. The summed E-state index contributed by atoms with van der Waals surface area (Å²) in [5, 5.41) is 12.7. The SMILES string of the molecule is CCN(Cc1ccccc1)c1ccc([C@@H]2Nc3ccccc3-c3nnc(SC)nc3O2)cc1. The van der Waals surface area contributed by atoms with Crippen molar-refractivity contribution in [1.82, 2.24) is 15.2 Å². The van der Waals surface area contributed by atoms with Crippen LogP contribution in [-0.4, -0.2) is 28.0 Å². The van der Waals surface area contributed by atoms with Crippen molar-refractivity contribution in [2.75, 3.05) is 23.0 Å². The molecule has 1 atom stereocenters. The molecule has 0 unspecified atom stereocenters. The molecule has 3 aromatic carbocycles. The van der Waals surface area contributed by atoms with Crippen LogP contribution in [0.5, 0.6) is 5.88 Å². The highest BCUT2D eigenvalue weighted by Gasteiger charge is 2.26. The van der Waals surface area contributed by atoms with Gasteiger partial charge < -0.3 is 15.0 Å². The quantitative estimate of drug-likeness (QED) is 0.369. The third-order valence-corrected chi connectivity index (χ3v) is 6.21. The van der Waals surface area contributed by atoms with Crippen LogP contribution in [-0.2, 0) is 6.54 Å². The lowest BCUT2D eigenvalue weighted by Crippen LogP contribution is -2.22. The number of rotatable bonds is 6. The molecule has 6 nitrogen and oxygen atoms in total. The lowest BCUT2D eigenvalue weighted by Gasteiger charge is -2.25. The van der Waals surface area contributed by atoms with E-state index in [1.807, 2.05) is 36.6 Å². The number of aromatic nitrogens is 3. The average Bonchev–Trinajstić information content (AvgIpc) is 3.04. The predicted octanol–water partition coefficient (Wildman–Crippen LogP) is 5.79. The molecule has 0 aliphatic carbocycles. The van der Waals surface area contributed by atoms with Gasteiger partial charge in [0.05, 0.1) is 0 Å². The summed E-state index contributed by atoms with van der Waals surface area (Å²) in [7, 11) is 0. The summed E-state index contributed by atoms with van der Waals surface area (Å²) in [6, 6.07) is 27.1. The number of benzene rings is 3. The Morgan fingerprint density at radius 2 is 1.70 bits per heavy atom. The van der Waals surface area contributed by atoms with E-state index < -0.39 is 6.23 Å². The monoisotopic (exact) mass is 455 g/mol. The molecule has 0 spiro atoms. The van der Waals surface area contributed by atoms with Crippen LogP contribution >= 0.6 is 11.8 Å². The van der Waals surface area contributed by atoms with Gasteiger partial charge in [-0.3, -0.25) is 0 Å². The van der Waals surface area contributed by atoms with Crippen LogP contribution in [0.25, 0.3) is 11.3 Å². The van der Waals surface area contributed by atoms with E-state index in [9.17, 15) is 0 Å². The van der Waals surface area contributed by atoms with Crippen LogP contribution in [0.2, 0.25) is 0 Å². The molecule has 2 heterocycles. The van der Waals surface area contributed by atoms with Crippen LogP contribution in [0.15, 0.2) is 84.0 Å². The minimum atomic E-state index is -0.392. The van der Waals surface area contributed by atoms with E-state index in [1.165, 1.54) is 23.0 Å². The van der Waals surface area contributed by atoms with Gasteiger partial charge in [-0.1, -0.05) is 72.4 Å². The van der Waals surface area contributed by atoms with Crippen molar-refractivity contribution in [2.45, 2.75) is 24.9 Å². The second kappa shape index (κ2) is 9.50. The van der Waals surface area contributed by atoms with Crippen molar-refractivity contribution >= 4 is 23.1 Å². The molecular formula is C26H25N5OS. The number of ether oxygens (including phenoxy) is 1. The second-order valence-corrected chi connectivity index (χ2v) is 8.50. The zero-order chi connectivity index (χ0) is 22.6. The Balaban J connectivity index is 1.44. The maximum absolute atomic E-state index is 6.34. The number of nitrogens with one attached hydrogen (secondary N) is 1. The van der Waals surface area contributed by atoms with E-state index in [0.717, 1.165) is 29.9 Å². The van der Waals surface area contributed by atoms with Crippen LogP contribution in [0, 0.1) is 0 Å². The minimum Gasteiger partial charge on any atom is -0.448 e. The summed E-state index contributed by atoms with van der Waals surface area (Å²) in [6.45, 7) is 3.97. The molecule has 5 rings (SSSR count). The Hall–Kier alpha value is -3.58. The van der Waals surface area contributed by atoms with Crippen LogP contribution in [0.1, 0.15) is 24.3 Å². The number of thioether (sulfide) groups is 1. The lowest BCUT2D eigenvalue weighted by molar-refractivity contribution is 0.225. The van der Waals surface area contributed by atoms with Crippen molar-refractivity contribution in [3.63, 3.8) is 0 Å². The number of para-hydroxylation sites is 1. The van der Waals surface area contributed by atoms with Crippen LogP contribution < -0.4 is 15.0 Å². The largest absolute Gasteiger partial charge is 0.448 e. The molecule has 1 aliphatic rings. The van der Waals surface area contributed by atoms with Gasteiger partial charge in [0.1, 0.15) is 0 Å². The summed E-state index contributed by atoms with van der Waals surface area (Å²) < 4.78 is 6.34. The number of nitrogens with zero attached hydrogens (tertiary/aromatic N) is 4. The summed E-state index contributed by atoms with van der Waals surface area (Å²) in [6.07, 6.45) is 1.54. The molecule has 0 radical (unpaired) electrons. The molecule has 7 heteroatoms. The summed E-state index contributed by atoms with van der Waals surface area (Å²) in [4.78, 5) is 6.95. The van der Waals surface area contributed by atoms with Gasteiger partial charge in [0, 0.05) is 35.6 Å². The van der Waals surface area contributed by atoms with Gasteiger partial charge in [-0.25, -0.2) is 0 Å². The topological polar surface area (TPSA) is 63.2 Å². The predicted molar refractivity (Wildman–Crippen MR) is 134 cm³/mol. The van der Waals surface area contributed by atoms with Gasteiger partial charge in [-0.05, 0) is 36.9 Å². The highest BCUT2D eigenvalue weighted by atomic mass is 32.2. The fourth-order valence-electron chi connectivity index (χ4n) is 3.93. The molecule has 0 fully saturated rings. The van der Waals surface area contributed by atoms with Gasteiger partial charge in [-0.2, -0.15) is 4.98 Å². The van der Waals surface area contributed by atoms with Crippen molar-refractivity contribution in [2.24, 2.45) is 0 Å². The molecule has 33 heavy (non-hydrogen) atoms. The molecule has 0 bridgehead atoms. The first-order valence-corrected chi connectivity index (χ1v) is 12.2. The van der Waals surface area contributed by atoms with Gasteiger partial charge in [0.15, 0.2) is 11.9 Å². The van der Waals surface area contributed by atoms with E-state index in [1.54, 1.807) is 0 Å². The van der Waals surface area contributed by atoms with Crippen molar-refractivity contribution < 1.29 is 4.74 Å². The molecule has 0 saturated carbocycles. The molecule has 166 valence electrons. The Bertz CT molecular complexity index is 1230. The maximum Gasteiger partial charge on any atom is 0.247 e. The number of anilines is 2. The maximum atomic E-state index is 6.34. The fraction of sp³-hybridized carbons (Fsp3) is 0.192. The Morgan fingerprint density at radius 3 is 2.45 bits per heavy atom. The van der Waals surface area contributed by atoms with Crippen LogP contribution in [0.3, 0.4) is 0 Å². The third-order valence-electron chi connectivity index (χ3n) is 5.68. The van der Waals surface area contributed by atoms with E-state index in [0.29, 0.717) is 16.7 Å². The van der Waals surface area contributed by atoms with Gasteiger partial charge in [-0.15, -0.1) is 10.2 Å². The highest BCUT2D eigenvalue weighted by Crippen LogP contribution is 2.39. The third kappa shape index (κ3) is 4.50. The molecule has 1 aliphatic heterocycles. The van der Waals surface area contributed by atoms with Crippen molar-refractivity contribution in [1.29, 1.82) is 0 Å². The minimum absolute atomic E-state index is 0.392. The number of hydrogen-bond donors (Lipinski definition) is 1. The van der Waals surface area contributed by atoms with E-state index in [-0.39, 0.29) is 0 Å². The average molecular weight is 456 g/mol. The Labute approximate surface area is 198 Å². The normalized spacial score (nSPS) is 14.3. The Morgan fingerprint density at radius 1 is 0.939 bits per heavy atom. The first-order valence-electron chi connectivity index (χ1n) is 11.0. The zero-order valence-corrected chi connectivity index (χ0v) is 19.4. The summed E-state index contributed by atoms with van der Waals surface area (Å²) in [5.41, 5.74) is 6.00. The second-order valence-electron chi connectivity index (χ2n) is 7.73. The molecule has 1 aromatic heterocycles. The fourth-order valence-corrected chi connectivity index (χ4v) is 4.23. The standard InChI is InChI=1S/C26H25N5OS/c1-3-31(17-18-9-5-4-6-10-18)20-15-13-19(14-16-20)24-27-22-12-8-7-11-21(22)23-25(32-24)28-26(33-2)30-29-23/h4-16,24,27H,3,17H2,1-2H3/t24-/m1/s1. The lowest BCUT2D eigenvalue weighted by atomic mass is 10.1. The number of fused-ring (bicyclic) bond motifs is 3. The Kier molecular flexibility index (Phi) is 6.13. The van der Waals surface area contributed by atoms with Crippen molar-refractivity contribution in [3.8, 4) is 17.1 Å². The summed E-state index contributed by atoms with van der Waals surface area (Å²) >= 11 is 1.44. The van der Waals surface area contributed by atoms with Crippen LogP contribution in [0.4, 0.5) is 11.4 Å². The molecule has 0 saturated heterocycles. The molecular weight excluding hydrogens is 430 g/mol. The van der Waals surface area contributed by atoms with Gasteiger partial charge in [0.2, 0.25) is 11.0 Å². The number of hydrogen-bond acceptors (Lipinski definition) is 7. The van der Waals surface area contributed by atoms with Gasteiger partial charge in [0.25, 0.3) is 0 Å². The van der Waals surface area contributed by atoms with Crippen molar-refractivity contribution in [3.05, 3.63) is 90.0 Å². The smallest absolute Gasteiger partial charge is 0.247 e. The summed E-state index contributed by atoms with van der Waals surface area (Å²) in [5.74, 6) is 0.486. The van der Waals surface area contributed by atoms with E-state index in [4.69, 9.17) is 4.74 Å². The zero-order valence-electron chi connectivity index (χ0n) is 18.6. The molecule has 1 N–H and O–H groups in total. The first kappa shape index (κ1) is 21.3. The van der Waals surface area contributed by atoms with E-state index >= 15 is 0 Å².